The van der Waals surface area contributed by atoms with Crippen LogP contribution in [-0.2, 0) is 17.9 Å². The third kappa shape index (κ3) is 7.66. The van der Waals surface area contributed by atoms with Crippen LogP contribution in [-0.4, -0.2) is 37.8 Å². The Morgan fingerprint density at radius 3 is 2.38 bits per heavy atom. The van der Waals surface area contributed by atoms with E-state index >= 15 is 0 Å². The lowest BCUT2D eigenvalue weighted by atomic mass is 10.1. The Labute approximate surface area is 231 Å². The van der Waals surface area contributed by atoms with E-state index in [2.05, 4.69) is 5.32 Å². The zero-order valence-corrected chi connectivity index (χ0v) is 22.4. The Kier molecular flexibility index (Phi) is 10.2. The first-order valence-corrected chi connectivity index (χ1v) is 12.2. The van der Waals surface area contributed by atoms with Crippen molar-refractivity contribution in [2.45, 2.75) is 20.1 Å². The topological polar surface area (TPSA) is 127 Å². The maximum Gasteiger partial charge on any atom is 0.335 e. The average molecular weight is 551 g/mol. The first-order chi connectivity index (χ1) is 18.8. The monoisotopic (exact) mass is 550 g/mol. The van der Waals surface area contributed by atoms with Crippen molar-refractivity contribution in [2.75, 3.05) is 20.8 Å². The van der Waals surface area contributed by atoms with Gasteiger partial charge < -0.3 is 29.4 Å². The van der Waals surface area contributed by atoms with E-state index in [4.69, 9.17) is 35.7 Å². The number of ether oxygens (including phenoxy) is 4. The van der Waals surface area contributed by atoms with Crippen molar-refractivity contribution in [2.24, 2.45) is 0 Å². The molecule has 0 radical (unpaired) electrons. The van der Waals surface area contributed by atoms with Crippen LogP contribution >= 0.6 is 11.6 Å². The number of carbonyl (C=O) groups is 2. The number of carboxylic acid groups (broad SMARTS) is 1. The summed E-state index contributed by atoms with van der Waals surface area (Å²) in [5.41, 5.74) is 1.95. The van der Waals surface area contributed by atoms with Crippen LogP contribution in [0.3, 0.4) is 0 Å². The third-order valence-electron chi connectivity index (χ3n) is 5.53. The molecule has 39 heavy (non-hydrogen) atoms. The highest BCUT2D eigenvalue weighted by atomic mass is 35.5. The summed E-state index contributed by atoms with van der Waals surface area (Å²) in [4.78, 5) is 23.8. The van der Waals surface area contributed by atoms with Crippen molar-refractivity contribution in [1.29, 1.82) is 5.26 Å². The van der Waals surface area contributed by atoms with Crippen LogP contribution in [0.4, 0.5) is 0 Å². The molecule has 10 heteroatoms. The molecule has 0 spiro atoms. The van der Waals surface area contributed by atoms with Crippen LogP contribution in [0.5, 0.6) is 23.0 Å². The highest BCUT2D eigenvalue weighted by molar-refractivity contribution is 6.32. The molecule has 1 amide bonds. The average Bonchev–Trinajstić information content (AvgIpc) is 2.94. The van der Waals surface area contributed by atoms with Crippen molar-refractivity contribution in [3.05, 3.63) is 87.4 Å². The molecule has 3 aromatic rings. The summed E-state index contributed by atoms with van der Waals surface area (Å²) in [5.74, 6) is 0.184. The predicted octanol–water partition coefficient (Wildman–Crippen LogP) is 5.26. The van der Waals surface area contributed by atoms with E-state index in [1.807, 2.05) is 6.07 Å². The molecule has 0 aliphatic heterocycles. The minimum atomic E-state index is -1.02. The van der Waals surface area contributed by atoms with Gasteiger partial charge in [-0.3, -0.25) is 4.79 Å². The second-order valence-electron chi connectivity index (χ2n) is 8.08. The normalized spacial score (nSPS) is 10.8. The number of carboxylic acids is 1. The SMILES string of the molecule is CCOc1cc(/C=C(\C#N)C(=O)NCc2ccc(OC)cc2OC)cc(Cl)c1OCc1ccc(C(=O)O)cc1. The Morgan fingerprint density at radius 2 is 1.77 bits per heavy atom. The molecular weight excluding hydrogens is 524 g/mol. The fraction of sp³-hybridized carbons (Fsp3) is 0.207. The lowest BCUT2D eigenvalue weighted by Gasteiger charge is -2.15. The zero-order valence-electron chi connectivity index (χ0n) is 21.6. The molecule has 0 saturated carbocycles. The zero-order chi connectivity index (χ0) is 28.4. The van der Waals surface area contributed by atoms with Gasteiger partial charge in [-0.15, -0.1) is 0 Å². The lowest BCUT2D eigenvalue weighted by molar-refractivity contribution is -0.117. The van der Waals surface area contributed by atoms with E-state index in [0.29, 0.717) is 35.0 Å². The number of nitrogens with one attached hydrogen (secondary N) is 1. The van der Waals surface area contributed by atoms with Crippen LogP contribution < -0.4 is 24.3 Å². The highest BCUT2D eigenvalue weighted by Crippen LogP contribution is 2.38. The number of hydrogen-bond donors (Lipinski definition) is 2. The van der Waals surface area contributed by atoms with Gasteiger partial charge in [-0.25, -0.2) is 4.79 Å². The first-order valence-electron chi connectivity index (χ1n) is 11.8. The summed E-state index contributed by atoms with van der Waals surface area (Å²) in [5, 5.41) is 21.6. The van der Waals surface area contributed by atoms with E-state index in [9.17, 15) is 14.9 Å². The molecule has 0 atom stereocenters. The number of carbonyl (C=O) groups excluding carboxylic acids is 1. The van der Waals surface area contributed by atoms with Gasteiger partial charge in [0, 0.05) is 18.2 Å². The number of halogens is 1. The van der Waals surface area contributed by atoms with Gasteiger partial charge in [0.05, 0.1) is 31.4 Å². The van der Waals surface area contributed by atoms with Gasteiger partial charge in [-0.1, -0.05) is 23.7 Å². The van der Waals surface area contributed by atoms with Crippen molar-refractivity contribution in [1.82, 2.24) is 5.32 Å². The molecular formula is C29H27ClN2O7. The number of methoxy groups -OCH3 is 2. The van der Waals surface area contributed by atoms with Crippen molar-refractivity contribution in [3.63, 3.8) is 0 Å². The second kappa shape index (κ2) is 13.7. The summed E-state index contributed by atoms with van der Waals surface area (Å²) < 4.78 is 22.1. The van der Waals surface area contributed by atoms with Gasteiger partial charge in [0.25, 0.3) is 5.91 Å². The van der Waals surface area contributed by atoms with Gasteiger partial charge >= 0.3 is 5.97 Å². The standard InChI is InChI=1S/C29H27ClN2O7/c1-4-38-26-13-19(12-24(30)27(26)39-17-18-5-7-20(8-6-18)29(34)35)11-22(15-31)28(33)32-16-21-9-10-23(36-2)14-25(21)37-3/h5-14H,4,16-17H2,1-3H3,(H,32,33)(H,34,35)/b22-11+. The number of hydrogen-bond acceptors (Lipinski definition) is 7. The molecule has 0 aromatic heterocycles. The molecule has 0 aliphatic carbocycles. The summed E-state index contributed by atoms with van der Waals surface area (Å²) in [6, 6.07) is 16.6. The Morgan fingerprint density at radius 1 is 1.03 bits per heavy atom. The highest BCUT2D eigenvalue weighted by Gasteiger charge is 2.16. The molecule has 0 fully saturated rings. The molecule has 3 aromatic carbocycles. The van der Waals surface area contributed by atoms with Crippen LogP contribution in [0, 0.1) is 11.3 Å². The van der Waals surface area contributed by atoms with E-state index in [1.165, 1.54) is 25.3 Å². The van der Waals surface area contributed by atoms with Gasteiger partial charge in [-0.05, 0) is 60.5 Å². The van der Waals surface area contributed by atoms with Crippen LogP contribution in [0.15, 0.2) is 60.2 Å². The minimum Gasteiger partial charge on any atom is -0.497 e. The van der Waals surface area contributed by atoms with Crippen LogP contribution in [0.2, 0.25) is 5.02 Å². The first kappa shape index (κ1) is 28.9. The van der Waals surface area contributed by atoms with Gasteiger partial charge in [0.2, 0.25) is 0 Å². The Bertz CT molecular complexity index is 1410. The fourth-order valence-corrected chi connectivity index (χ4v) is 3.83. The summed E-state index contributed by atoms with van der Waals surface area (Å²) in [6.45, 7) is 2.38. The summed E-state index contributed by atoms with van der Waals surface area (Å²) in [7, 11) is 3.06. The molecule has 3 rings (SSSR count). The molecule has 2 N–H and O–H groups in total. The number of rotatable bonds is 12. The largest absolute Gasteiger partial charge is 0.497 e. The summed E-state index contributed by atoms with van der Waals surface area (Å²) >= 11 is 6.49. The van der Waals surface area contributed by atoms with Crippen molar-refractivity contribution < 1.29 is 33.6 Å². The quantitative estimate of drug-likeness (QED) is 0.231. The molecule has 9 nitrogen and oxygen atoms in total. The Balaban J connectivity index is 1.77. The maximum absolute atomic E-state index is 12.8. The molecule has 0 aliphatic rings. The third-order valence-corrected chi connectivity index (χ3v) is 5.81. The van der Waals surface area contributed by atoms with E-state index in [0.717, 1.165) is 5.56 Å². The summed E-state index contributed by atoms with van der Waals surface area (Å²) in [6.07, 6.45) is 1.41. The molecule has 0 saturated heterocycles. The minimum absolute atomic E-state index is 0.121. The van der Waals surface area contributed by atoms with Gasteiger partial charge in [0.15, 0.2) is 11.5 Å². The molecule has 0 bridgehead atoms. The van der Waals surface area contributed by atoms with Gasteiger partial charge in [0.1, 0.15) is 29.7 Å². The number of nitriles is 1. The number of nitrogens with zero attached hydrogens (tertiary/aromatic N) is 1. The van der Waals surface area contributed by atoms with Crippen molar-refractivity contribution >= 4 is 29.6 Å². The number of aromatic carboxylic acids is 1. The smallest absolute Gasteiger partial charge is 0.335 e. The lowest BCUT2D eigenvalue weighted by Crippen LogP contribution is -2.24. The molecule has 0 heterocycles. The predicted molar refractivity (Wildman–Crippen MR) is 145 cm³/mol. The van der Waals surface area contributed by atoms with E-state index < -0.39 is 11.9 Å². The fourth-order valence-electron chi connectivity index (χ4n) is 3.56. The number of benzene rings is 3. The van der Waals surface area contributed by atoms with E-state index in [1.54, 1.807) is 56.5 Å². The van der Waals surface area contributed by atoms with Gasteiger partial charge in [-0.2, -0.15) is 5.26 Å². The Hall–Kier alpha value is -4.68. The van der Waals surface area contributed by atoms with Crippen LogP contribution in [0.1, 0.15) is 34.0 Å². The molecule has 0 unspecified atom stereocenters. The molecule has 202 valence electrons. The number of amides is 1. The van der Waals surface area contributed by atoms with E-state index in [-0.39, 0.29) is 35.1 Å². The maximum atomic E-state index is 12.8. The second-order valence-corrected chi connectivity index (χ2v) is 8.49. The van der Waals surface area contributed by atoms with Crippen LogP contribution in [0.25, 0.3) is 6.08 Å². The van der Waals surface area contributed by atoms with Crippen molar-refractivity contribution in [3.8, 4) is 29.1 Å².